The van der Waals surface area contributed by atoms with Crippen molar-refractivity contribution in [1.29, 1.82) is 0 Å². The molecule has 0 aliphatic carbocycles. The van der Waals surface area contributed by atoms with Crippen LogP contribution in [-0.2, 0) is 35.8 Å². The highest BCUT2D eigenvalue weighted by molar-refractivity contribution is 7.10. The average molecular weight is 588 g/mol. The van der Waals surface area contributed by atoms with Crippen molar-refractivity contribution in [2.45, 2.75) is 51.5 Å². The maximum atomic E-state index is 13.6. The number of rotatable bonds is 14. The van der Waals surface area contributed by atoms with Gasteiger partial charge in [-0.1, -0.05) is 24.3 Å². The summed E-state index contributed by atoms with van der Waals surface area (Å²) in [6.45, 7) is 1.86. The molecular formula is C27H29N3O4S4. The summed E-state index contributed by atoms with van der Waals surface area (Å²) < 4.78 is 0. The van der Waals surface area contributed by atoms with Crippen molar-refractivity contribution in [2.24, 2.45) is 0 Å². The van der Waals surface area contributed by atoms with Gasteiger partial charge in [0.15, 0.2) is 0 Å². The second-order valence-corrected chi connectivity index (χ2v) is 12.8. The van der Waals surface area contributed by atoms with Crippen LogP contribution in [0.5, 0.6) is 0 Å². The Morgan fingerprint density at radius 2 is 1.13 bits per heavy atom. The van der Waals surface area contributed by atoms with Crippen LogP contribution in [0.2, 0.25) is 0 Å². The average Bonchev–Trinajstić information content (AvgIpc) is 3.71. The molecular weight excluding hydrogens is 559 g/mol. The number of carbonyl (C=O) groups excluding carboxylic acids is 2. The summed E-state index contributed by atoms with van der Waals surface area (Å²) in [5.41, 5.74) is 0. The first-order valence-electron chi connectivity index (χ1n) is 12.1. The second-order valence-electron chi connectivity index (χ2n) is 8.66. The first-order chi connectivity index (χ1) is 18.5. The minimum atomic E-state index is -1.25. The van der Waals surface area contributed by atoms with Gasteiger partial charge in [-0.3, -0.25) is 9.59 Å². The van der Waals surface area contributed by atoms with Gasteiger partial charge in [-0.2, -0.15) is 0 Å². The van der Waals surface area contributed by atoms with Gasteiger partial charge in [-0.05, 0) is 58.6 Å². The van der Waals surface area contributed by atoms with Crippen LogP contribution in [0.1, 0.15) is 38.8 Å². The molecule has 38 heavy (non-hydrogen) atoms. The monoisotopic (exact) mass is 587 g/mol. The van der Waals surface area contributed by atoms with Gasteiger partial charge >= 0.3 is 6.09 Å². The lowest BCUT2D eigenvalue weighted by Crippen LogP contribution is -2.47. The van der Waals surface area contributed by atoms with E-state index < -0.39 is 12.1 Å². The van der Waals surface area contributed by atoms with Crippen molar-refractivity contribution < 1.29 is 19.5 Å². The Kier molecular flexibility index (Phi) is 10.5. The third kappa shape index (κ3) is 8.52. The van der Waals surface area contributed by atoms with E-state index in [1.165, 1.54) is 0 Å². The molecule has 0 aromatic carbocycles. The molecule has 4 aromatic heterocycles. The maximum absolute atomic E-state index is 13.6. The van der Waals surface area contributed by atoms with Gasteiger partial charge in [-0.15, -0.1) is 45.3 Å². The fraction of sp³-hybridized carbons (Fsp3) is 0.296. The lowest BCUT2D eigenvalue weighted by atomic mass is 10.1. The lowest BCUT2D eigenvalue weighted by molar-refractivity contribution is -0.135. The van der Waals surface area contributed by atoms with Crippen LogP contribution in [0, 0.1) is 0 Å². The summed E-state index contributed by atoms with van der Waals surface area (Å²) in [6, 6.07) is 14.8. The van der Waals surface area contributed by atoms with Gasteiger partial charge in [0.05, 0.1) is 26.2 Å². The zero-order valence-electron chi connectivity index (χ0n) is 20.7. The molecule has 0 saturated heterocycles. The van der Waals surface area contributed by atoms with Gasteiger partial charge < -0.3 is 20.2 Å². The number of nitrogens with zero attached hydrogens (tertiary/aromatic N) is 2. The molecule has 7 nitrogen and oxygen atoms in total. The molecule has 0 unspecified atom stereocenters. The quantitative estimate of drug-likeness (QED) is 0.176. The Bertz CT molecular complexity index is 1180. The van der Waals surface area contributed by atoms with Crippen LogP contribution in [0.4, 0.5) is 4.79 Å². The molecule has 0 fully saturated rings. The SMILES string of the molecule is O=C(O)N[C@@H](CCCC(=O)N(Cc1cccs1)Cc1cccs1)C(=O)N(Cc1cccs1)Cc1cccs1. The molecule has 4 aromatic rings. The van der Waals surface area contributed by atoms with Crippen molar-refractivity contribution in [3.63, 3.8) is 0 Å². The molecule has 0 saturated carbocycles. The van der Waals surface area contributed by atoms with Gasteiger partial charge in [0.2, 0.25) is 11.8 Å². The van der Waals surface area contributed by atoms with E-state index in [1.54, 1.807) is 50.2 Å². The Morgan fingerprint density at radius 3 is 1.50 bits per heavy atom. The van der Waals surface area contributed by atoms with Gasteiger partial charge in [-0.25, -0.2) is 4.79 Å². The van der Waals surface area contributed by atoms with E-state index >= 15 is 0 Å². The molecule has 200 valence electrons. The number of hydrogen-bond acceptors (Lipinski definition) is 7. The van der Waals surface area contributed by atoms with Crippen LogP contribution < -0.4 is 5.32 Å². The van der Waals surface area contributed by atoms with Crippen LogP contribution in [0.25, 0.3) is 0 Å². The van der Waals surface area contributed by atoms with E-state index in [2.05, 4.69) is 5.32 Å². The van der Waals surface area contributed by atoms with E-state index in [0.717, 1.165) is 19.5 Å². The fourth-order valence-electron chi connectivity index (χ4n) is 4.05. The maximum Gasteiger partial charge on any atom is 0.405 e. The molecule has 1 atom stereocenters. The van der Waals surface area contributed by atoms with E-state index in [-0.39, 0.29) is 24.7 Å². The topological polar surface area (TPSA) is 90.0 Å². The summed E-state index contributed by atoms with van der Waals surface area (Å²) in [5, 5.41) is 19.8. The fourth-order valence-corrected chi connectivity index (χ4v) is 6.93. The number of carbonyl (C=O) groups is 3. The van der Waals surface area contributed by atoms with E-state index in [4.69, 9.17) is 0 Å². The van der Waals surface area contributed by atoms with E-state index in [1.807, 2.05) is 75.0 Å². The number of hydrogen-bond donors (Lipinski definition) is 2. The summed E-state index contributed by atoms with van der Waals surface area (Å²) in [4.78, 5) is 46.2. The Hall–Kier alpha value is -2.99. The Morgan fingerprint density at radius 1 is 0.711 bits per heavy atom. The van der Waals surface area contributed by atoms with Crippen molar-refractivity contribution >= 4 is 63.3 Å². The molecule has 11 heteroatoms. The zero-order chi connectivity index (χ0) is 26.7. The van der Waals surface area contributed by atoms with Crippen molar-refractivity contribution in [3.8, 4) is 0 Å². The normalized spacial score (nSPS) is 11.7. The third-order valence-corrected chi connectivity index (χ3v) is 9.30. The number of nitrogens with one attached hydrogen (secondary N) is 1. The molecule has 3 amide bonds. The molecule has 0 bridgehead atoms. The zero-order valence-corrected chi connectivity index (χ0v) is 23.9. The predicted octanol–water partition coefficient (Wildman–Crippen LogP) is 6.50. The first-order valence-corrected chi connectivity index (χ1v) is 15.7. The highest BCUT2D eigenvalue weighted by Gasteiger charge is 2.27. The van der Waals surface area contributed by atoms with Crippen molar-refractivity contribution in [3.05, 3.63) is 89.6 Å². The highest BCUT2D eigenvalue weighted by Crippen LogP contribution is 2.21. The minimum absolute atomic E-state index is 0.0117. The molecule has 0 aliphatic heterocycles. The Balaban J connectivity index is 1.40. The van der Waals surface area contributed by atoms with E-state index in [9.17, 15) is 19.5 Å². The number of amides is 3. The molecule has 4 heterocycles. The first kappa shape index (κ1) is 28.0. The van der Waals surface area contributed by atoms with E-state index in [0.29, 0.717) is 32.6 Å². The largest absolute Gasteiger partial charge is 0.465 e. The summed E-state index contributed by atoms with van der Waals surface area (Å²) >= 11 is 6.34. The van der Waals surface area contributed by atoms with Crippen molar-refractivity contribution in [1.82, 2.24) is 15.1 Å². The lowest BCUT2D eigenvalue weighted by Gasteiger charge is -2.27. The molecule has 4 rings (SSSR count). The third-order valence-electron chi connectivity index (χ3n) is 5.85. The predicted molar refractivity (Wildman–Crippen MR) is 155 cm³/mol. The Labute approximate surface area is 238 Å². The number of thiophene rings is 4. The van der Waals surface area contributed by atoms with Crippen molar-refractivity contribution in [2.75, 3.05) is 0 Å². The van der Waals surface area contributed by atoms with Gasteiger partial charge in [0, 0.05) is 25.9 Å². The van der Waals surface area contributed by atoms with Crippen LogP contribution in [-0.4, -0.2) is 38.9 Å². The van der Waals surface area contributed by atoms with Crippen LogP contribution in [0.3, 0.4) is 0 Å². The smallest absolute Gasteiger partial charge is 0.405 e. The summed E-state index contributed by atoms with van der Waals surface area (Å²) in [6.07, 6.45) is -0.377. The van der Waals surface area contributed by atoms with Gasteiger partial charge in [0.25, 0.3) is 0 Å². The number of carboxylic acid groups (broad SMARTS) is 1. The summed E-state index contributed by atoms with van der Waals surface area (Å²) in [7, 11) is 0. The molecule has 0 aliphatic rings. The standard InChI is InChI=1S/C27H29N3O4S4/c31-25(29(16-20-6-2-12-35-20)17-21-7-3-13-36-21)11-1-10-24(28-27(33)34)26(32)30(18-22-8-4-14-37-22)19-23-9-5-15-38-23/h2-9,12-15,24,28H,1,10-11,16-19H2,(H,33,34)/t24-/m0/s1. The van der Waals surface area contributed by atoms with Crippen LogP contribution in [0.15, 0.2) is 70.1 Å². The minimum Gasteiger partial charge on any atom is -0.465 e. The van der Waals surface area contributed by atoms with Crippen LogP contribution >= 0.6 is 45.3 Å². The molecule has 0 spiro atoms. The highest BCUT2D eigenvalue weighted by atomic mass is 32.1. The summed E-state index contributed by atoms with van der Waals surface area (Å²) in [5.74, 6) is -0.293. The molecule has 0 radical (unpaired) electrons. The second kappa shape index (κ2) is 14.2. The molecule has 2 N–H and O–H groups in total. The van der Waals surface area contributed by atoms with Gasteiger partial charge in [0.1, 0.15) is 6.04 Å².